The Balaban J connectivity index is 1.49. The van der Waals surface area contributed by atoms with Crippen molar-refractivity contribution in [2.45, 2.75) is 13.0 Å². The van der Waals surface area contributed by atoms with Gasteiger partial charge in [-0.2, -0.15) is 0 Å². The van der Waals surface area contributed by atoms with Gasteiger partial charge in [0.1, 0.15) is 18.0 Å². The van der Waals surface area contributed by atoms with Crippen LogP contribution in [0.5, 0.6) is 0 Å². The van der Waals surface area contributed by atoms with Gasteiger partial charge in [0.05, 0.1) is 18.1 Å². The number of nitrogens with one attached hydrogen (secondary N) is 2. The first-order valence-electron chi connectivity index (χ1n) is 10.5. The monoisotopic (exact) mass is 422 g/mol. The first-order valence-corrected chi connectivity index (χ1v) is 10.5. The zero-order valence-electron chi connectivity index (χ0n) is 17.8. The van der Waals surface area contributed by atoms with Crippen LogP contribution in [-0.4, -0.2) is 65.4 Å². The standard InChI is InChI=1S/C23H27FN6O/c1-16(18-5-3-4-6-20(18)24)27-23-19-13-17(7-8-21(19)25-15-26-23)28-22(31)14-30-11-9-29(2)10-12-30/h3-8,13,15-16H,9-12,14H2,1-2H3,(H,28,31)(H,25,26,27). The van der Waals surface area contributed by atoms with Gasteiger partial charge in [-0.1, -0.05) is 18.2 Å². The van der Waals surface area contributed by atoms with Crippen LogP contribution < -0.4 is 10.6 Å². The lowest BCUT2D eigenvalue weighted by atomic mass is 10.1. The van der Waals surface area contributed by atoms with Crippen molar-refractivity contribution >= 4 is 28.3 Å². The summed E-state index contributed by atoms with van der Waals surface area (Å²) in [5.41, 5.74) is 1.99. The molecule has 1 saturated heterocycles. The largest absolute Gasteiger partial charge is 0.363 e. The van der Waals surface area contributed by atoms with Crippen molar-refractivity contribution in [3.05, 3.63) is 60.2 Å². The highest BCUT2D eigenvalue weighted by molar-refractivity contribution is 5.97. The maximum Gasteiger partial charge on any atom is 0.238 e. The van der Waals surface area contributed by atoms with Crippen LogP contribution in [0.25, 0.3) is 10.9 Å². The number of hydrogen-bond donors (Lipinski definition) is 2. The minimum absolute atomic E-state index is 0.0463. The van der Waals surface area contributed by atoms with E-state index in [0.717, 1.165) is 37.1 Å². The summed E-state index contributed by atoms with van der Waals surface area (Å²) in [5, 5.41) is 7.02. The number of carbonyl (C=O) groups excluding carboxylic acids is 1. The summed E-state index contributed by atoms with van der Waals surface area (Å²) in [7, 11) is 2.09. The van der Waals surface area contributed by atoms with Gasteiger partial charge in [0, 0.05) is 42.8 Å². The highest BCUT2D eigenvalue weighted by atomic mass is 19.1. The maximum absolute atomic E-state index is 14.2. The van der Waals surface area contributed by atoms with Crippen molar-refractivity contribution in [2.75, 3.05) is 50.4 Å². The van der Waals surface area contributed by atoms with E-state index in [9.17, 15) is 9.18 Å². The first kappa shape index (κ1) is 21.1. The van der Waals surface area contributed by atoms with Gasteiger partial charge in [-0.05, 0) is 38.2 Å². The Hall–Kier alpha value is -3.10. The number of amides is 1. The Morgan fingerprint density at radius 3 is 2.68 bits per heavy atom. The number of carbonyl (C=O) groups is 1. The molecule has 7 nitrogen and oxygen atoms in total. The number of likely N-dealkylation sites (N-methyl/N-ethyl adjacent to an activating group) is 1. The van der Waals surface area contributed by atoms with Crippen molar-refractivity contribution < 1.29 is 9.18 Å². The van der Waals surface area contributed by atoms with Crippen molar-refractivity contribution in [2.24, 2.45) is 0 Å². The topological polar surface area (TPSA) is 73.4 Å². The van der Waals surface area contributed by atoms with Crippen molar-refractivity contribution in [1.82, 2.24) is 19.8 Å². The molecule has 1 amide bonds. The van der Waals surface area contributed by atoms with Crippen molar-refractivity contribution in [1.29, 1.82) is 0 Å². The Bertz CT molecular complexity index is 1070. The van der Waals surface area contributed by atoms with E-state index in [2.05, 4.69) is 37.4 Å². The number of nitrogens with zero attached hydrogens (tertiary/aromatic N) is 4. The zero-order valence-corrected chi connectivity index (χ0v) is 17.8. The van der Waals surface area contributed by atoms with Crippen LogP contribution in [0.2, 0.25) is 0 Å². The van der Waals surface area contributed by atoms with Gasteiger partial charge >= 0.3 is 0 Å². The average Bonchev–Trinajstić information content (AvgIpc) is 2.76. The number of piperazine rings is 1. The highest BCUT2D eigenvalue weighted by Gasteiger charge is 2.17. The zero-order chi connectivity index (χ0) is 21.8. The van der Waals surface area contributed by atoms with E-state index < -0.39 is 0 Å². The van der Waals surface area contributed by atoms with E-state index in [1.54, 1.807) is 12.1 Å². The second-order valence-corrected chi connectivity index (χ2v) is 7.97. The molecule has 3 aromatic rings. The predicted octanol–water partition coefficient (Wildman–Crippen LogP) is 3.13. The molecule has 162 valence electrons. The fourth-order valence-corrected chi connectivity index (χ4v) is 3.77. The third-order valence-corrected chi connectivity index (χ3v) is 5.61. The van der Waals surface area contributed by atoms with Crippen LogP contribution in [0.4, 0.5) is 15.9 Å². The summed E-state index contributed by atoms with van der Waals surface area (Å²) in [4.78, 5) is 25.6. The highest BCUT2D eigenvalue weighted by Crippen LogP contribution is 2.27. The minimum Gasteiger partial charge on any atom is -0.363 e. The summed E-state index contributed by atoms with van der Waals surface area (Å²) in [5.74, 6) is 0.281. The predicted molar refractivity (Wildman–Crippen MR) is 121 cm³/mol. The van der Waals surface area contributed by atoms with Gasteiger partial charge in [0.15, 0.2) is 0 Å². The van der Waals surface area contributed by atoms with E-state index in [4.69, 9.17) is 0 Å². The smallest absolute Gasteiger partial charge is 0.238 e. The molecule has 0 saturated carbocycles. The van der Waals surface area contributed by atoms with Gasteiger partial charge in [0.25, 0.3) is 0 Å². The molecule has 2 N–H and O–H groups in total. The number of benzene rings is 2. The Morgan fingerprint density at radius 1 is 1.13 bits per heavy atom. The van der Waals surface area contributed by atoms with Gasteiger partial charge in [0.2, 0.25) is 5.91 Å². The summed E-state index contributed by atoms with van der Waals surface area (Å²) in [6.07, 6.45) is 1.48. The van der Waals surface area contributed by atoms with Crippen molar-refractivity contribution in [3.63, 3.8) is 0 Å². The SMILES string of the molecule is CC(Nc1ncnc2ccc(NC(=O)CN3CCN(C)CC3)cc12)c1ccccc1F. The molecule has 0 bridgehead atoms. The van der Waals surface area contributed by atoms with E-state index >= 15 is 0 Å². The number of hydrogen-bond acceptors (Lipinski definition) is 6. The van der Waals surface area contributed by atoms with Gasteiger partial charge < -0.3 is 15.5 Å². The van der Waals surface area contributed by atoms with Gasteiger partial charge in [-0.15, -0.1) is 0 Å². The summed E-state index contributed by atoms with van der Waals surface area (Å²) in [6.45, 7) is 5.96. The molecule has 1 unspecified atom stereocenters. The second-order valence-electron chi connectivity index (χ2n) is 7.97. The molecule has 2 heterocycles. The molecular formula is C23H27FN6O. The lowest BCUT2D eigenvalue weighted by Crippen LogP contribution is -2.47. The van der Waals surface area contributed by atoms with Crippen molar-refractivity contribution in [3.8, 4) is 0 Å². The molecule has 1 aromatic heterocycles. The number of anilines is 2. The number of halogens is 1. The van der Waals surface area contributed by atoms with Gasteiger partial charge in [-0.25, -0.2) is 14.4 Å². The van der Waals surface area contributed by atoms with Crippen LogP contribution in [0, 0.1) is 5.82 Å². The molecule has 1 fully saturated rings. The van der Waals surface area contributed by atoms with Gasteiger partial charge in [-0.3, -0.25) is 9.69 Å². The molecule has 1 atom stereocenters. The van der Waals surface area contributed by atoms with E-state index in [0.29, 0.717) is 23.6 Å². The lowest BCUT2D eigenvalue weighted by Gasteiger charge is -2.31. The Labute approximate surface area is 181 Å². The molecule has 8 heteroatoms. The Kier molecular flexibility index (Phi) is 6.39. The molecule has 2 aromatic carbocycles. The normalized spacial score (nSPS) is 16.2. The molecule has 0 aliphatic carbocycles. The fourth-order valence-electron chi connectivity index (χ4n) is 3.77. The minimum atomic E-state index is -0.283. The molecule has 0 radical (unpaired) electrons. The number of rotatable bonds is 6. The van der Waals surface area contributed by atoms with Crippen LogP contribution in [-0.2, 0) is 4.79 Å². The molecule has 4 rings (SSSR count). The van der Waals surface area contributed by atoms with E-state index in [1.165, 1.54) is 12.4 Å². The summed E-state index contributed by atoms with van der Waals surface area (Å²) >= 11 is 0. The summed E-state index contributed by atoms with van der Waals surface area (Å²) in [6, 6.07) is 11.9. The third kappa shape index (κ3) is 5.15. The van der Waals surface area contributed by atoms with Crippen LogP contribution in [0.15, 0.2) is 48.8 Å². The fraction of sp³-hybridized carbons (Fsp3) is 0.348. The van der Waals surface area contributed by atoms with E-state index in [-0.39, 0.29) is 17.8 Å². The maximum atomic E-state index is 14.2. The van der Waals surface area contributed by atoms with Crippen LogP contribution in [0.1, 0.15) is 18.5 Å². The molecule has 1 aliphatic heterocycles. The van der Waals surface area contributed by atoms with Crippen LogP contribution in [0.3, 0.4) is 0 Å². The molecule has 31 heavy (non-hydrogen) atoms. The quantitative estimate of drug-likeness (QED) is 0.636. The molecule has 1 aliphatic rings. The van der Waals surface area contributed by atoms with Crippen LogP contribution >= 0.6 is 0 Å². The second kappa shape index (κ2) is 9.36. The Morgan fingerprint density at radius 2 is 1.90 bits per heavy atom. The lowest BCUT2D eigenvalue weighted by molar-refractivity contribution is -0.117. The summed E-state index contributed by atoms with van der Waals surface area (Å²) < 4.78 is 14.2. The number of aromatic nitrogens is 2. The van der Waals surface area contributed by atoms with E-state index in [1.807, 2.05) is 31.2 Å². The molecule has 0 spiro atoms. The average molecular weight is 423 g/mol. The third-order valence-electron chi connectivity index (χ3n) is 5.61. The molecular weight excluding hydrogens is 395 g/mol. The first-order chi connectivity index (χ1) is 15.0. The number of fused-ring (bicyclic) bond motifs is 1.